The largest absolute Gasteiger partial charge is 0.496 e. The molecule has 9 aromatic rings. The third-order valence-electron chi connectivity index (χ3n) is 9.51. The lowest BCUT2D eigenvalue weighted by atomic mass is 10.1. The van der Waals surface area contributed by atoms with E-state index in [-0.39, 0.29) is 0 Å². The molecule has 0 aliphatic rings. The summed E-state index contributed by atoms with van der Waals surface area (Å²) in [5.41, 5.74) is 11.3. The van der Waals surface area contributed by atoms with Crippen molar-refractivity contribution in [2.24, 2.45) is 0 Å². The number of nitrogens with zero attached hydrogens (tertiary/aromatic N) is 3. The maximum absolute atomic E-state index is 5.83. The van der Waals surface area contributed by atoms with Gasteiger partial charge in [-0.3, -0.25) is 0 Å². The molecule has 0 spiro atoms. The van der Waals surface area contributed by atoms with Crippen LogP contribution in [0.2, 0.25) is 0 Å². The Bertz CT molecular complexity index is 2460. The topological polar surface area (TPSA) is 22.3 Å². The van der Waals surface area contributed by atoms with Crippen LogP contribution in [-0.2, 0) is 0 Å². The van der Waals surface area contributed by atoms with Gasteiger partial charge in [-0.15, -0.1) is 0 Å². The number of rotatable bonds is 6. The molecule has 4 heteroatoms. The SMILES string of the molecule is COc1cc(N(c2ccc3c(c2)c2ccccc2n3-c2ccccc2)c2ccc3c(c2)c2ccccc2n3-c2ccccc2)ccc1C. The molecule has 0 unspecified atom stereocenters. The van der Waals surface area contributed by atoms with E-state index in [2.05, 4.69) is 185 Å². The molecule has 0 saturated carbocycles. The molecule has 0 atom stereocenters. The second-order valence-electron chi connectivity index (χ2n) is 12.3. The summed E-state index contributed by atoms with van der Waals surface area (Å²) in [5.74, 6) is 0.862. The van der Waals surface area contributed by atoms with Gasteiger partial charge in [0.15, 0.2) is 0 Å². The third-order valence-corrected chi connectivity index (χ3v) is 9.51. The first-order valence-corrected chi connectivity index (χ1v) is 16.3. The molecule has 0 aliphatic heterocycles. The molecule has 9 rings (SSSR count). The summed E-state index contributed by atoms with van der Waals surface area (Å²) in [7, 11) is 1.74. The summed E-state index contributed by atoms with van der Waals surface area (Å²) in [6.07, 6.45) is 0. The first-order valence-electron chi connectivity index (χ1n) is 16.3. The van der Waals surface area contributed by atoms with E-state index in [1.54, 1.807) is 7.11 Å². The van der Waals surface area contributed by atoms with E-state index in [0.717, 1.165) is 39.7 Å². The van der Waals surface area contributed by atoms with Gasteiger partial charge in [0.05, 0.1) is 29.2 Å². The number of aromatic nitrogens is 2. The van der Waals surface area contributed by atoms with Crippen LogP contribution in [0.15, 0.2) is 164 Å². The monoisotopic (exact) mass is 619 g/mol. The molecule has 4 nitrogen and oxygen atoms in total. The van der Waals surface area contributed by atoms with Crippen LogP contribution >= 0.6 is 0 Å². The highest BCUT2D eigenvalue weighted by Crippen LogP contribution is 2.43. The van der Waals surface area contributed by atoms with E-state index in [4.69, 9.17) is 4.74 Å². The van der Waals surface area contributed by atoms with Crippen molar-refractivity contribution in [1.82, 2.24) is 9.13 Å². The lowest BCUT2D eigenvalue weighted by molar-refractivity contribution is 0.412. The van der Waals surface area contributed by atoms with Crippen LogP contribution in [0.1, 0.15) is 5.56 Å². The zero-order valence-corrected chi connectivity index (χ0v) is 26.8. The van der Waals surface area contributed by atoms with Crippen LogP contribution < -0.4 is 9.64 Å². The smallest absolute Gasteiger partial charge is 0.123 e. The first-order chi connectivity index (χ1) is 23.7. The van der Waals surface area contributed by atoms with Crippen LogP contribution in [-0.4, -0.2) is 16.2 Å². The zero-order chi connectivity index (χ0) is 32.2. The molecule has 2 aromatic heterocycles. The van der Waals surface area contributed by atoms with E-state index < -0.39 is 0 Å². The molecule has 48 heavy (non-hydrogen) atoms. The third kappa shape index (κ3) is 4.38. The van der Waals surface area contributed by atoms with Gasteiger partial charge >= 0.3 is 0 Å². The van der Waals surface area contributed by atoms with Crippen LogP contribution in [0.4, 0.5) is 17.1 Å². The van der Waals surface area contributed by atoms with E-state index in [1.807, 2.05) is 0 Å². The molecule has 0 fully saturated rings. The summed E-state index contributed by atoms with van der Waals surface area (Å²) in [6.45, 7) is 2.09. The molecule has 0 N–H and O–H groups in total. The molecular weight excluding hydrogens is 587 g/mol. The van der Waals surface area contributed by atoms with Gasteiger partial charge in [-0.2, -0.15) is 0 Å². The Morgan fingerprint density at radius 1 is 0.417 bits per heavy atom. The molecule has 2 heterocycles. The molecule has 0 amide bonds. The van der Waals surface area contributed by atoms with Gasteiger partial charge in [0, 0.05) is 56.0 Å². The van der Waals surface area contributed by atoms with E-state index in [0.29, 0.717) is 0 Å². The maximum Gasteiger partial charge on any atom is 0.123 e. The first kappa shape index (κ1) is 28.0. The molecule has 0 saturated heterocycles. The van der Waals surface area contributed by atoms with Crippen LogP contribution in [0.3, 0.4) is 0 Å². The minimum Gasteiger partial charge on any atom is -0.496 e. The van der Waals surface area contributed by atoms with Gasteiger partial charge < -0.3 is 18.8 Å². The standard InChI is InChI=1S/C44H33N3O/c1-30-21-22-35(29-44(30)48-2)45(33-23-25-42-38(27-33)36-17-9-11-19-40(36)46(42)31-13-5-3-6-14-31)34-24-26-43-39(28-34)37-18-10-12-20-41(37)47(43)32-15-7-4-8-16-32/h3-29H,1-2H3. The Hall–Kier alpha value is -6.26. The van der Waals surface area contributed by atoms with Crippen molar-refractivity contribution >= 4 is 60.7 Å². The normalized spacial score (nSPS) is 11.5. The molecule has 230 valence electrons. The Balaban J connectivity index is 1.30. The number of ether oxygens (including phenoxy) is 1. The van der Waals surface area contributed by atoms with Crippen molar-refractivity contribution in [3.63, 3.8) is 0 Å². The van der Waals surface area contributed by atoms with E-state index >= 15 is 0 Å². The molecule has 0 radical (unpaired) electrons. The second kappa shape index (κ2) is 11.2. The molecule has 0 bridgehead atoms. The summed E-state index contributed by atoms with van der Waals surface area (Å²) >= 11 is 0. The van der Waals surface area contributed by atoms with Crippen molar-refractivity contribution in [3.8, 4) is 17.1 Å². The van der Waals surface area contributed by atoms with Crippen molar-refractivity contribution in [2.75, 3.05) is 12.0 Å². The zero-order valence-electron chi connectivity index (χ0n) is 26.8. The van der Waals surface area contributed by atoms with Crippen molar-refractivity contribution < 1.29 is 4.74 Å². The van der Waals surface area contributed by atoms with Crippen LogP contribution in [0.5, 0.6) is 5.75 Å². The average Bonchev–Trinajstić information content (AvgIpc) is 3.65. The molecular formula is C44H33N3O. The Morgan fingerprint density at radius 3 is 1.33 bits per heavy atom. The van der Waals surface area contributed by atoms with E-state index in [9.17, 15) is 0 Å². The summed E-state index contributed by atoms with van der Waals surface area (Å²) in [4.78, 5) is 2.35. The van der Waals surface area contributed by atoms with Gasteiger partial charge in [-0.25, -0.2) is 0 Å². The predicted octanol–water partition coefficient (Wildman–Crippen LogP) is 11.7. The van der Waals surface area contributed by atoms with Crippen molar-refractivity contribution in [1.29, 1.82) is 0 Å². The van der Waals surface area contributed by atoms with Gasteiger partial charge in [-0.1, -0.05) is 78.9 Å². The molecule has 0 aliphatic carbocycles. The number of hydrogen-bond acceptors (Lipinski definition) is 2. The average molecular weight is 620 g/mol. The van der Waals surface area contributed by atoms with E-state index in [1.165, 1.54) is 43.6 Å². The molecule has 7 aromatic carbocycles. The number of fused-ring (bicyclic) bond motifs is 6. The lowest BCUT2D eigenvalue weighted by Gasteiger charge is -2.26. The fourth-order valence-corrected chi connectivity index (χ4v) is 7.31. The second-order valence-corrected chi connectivity index (χ2v) is 12.3. The summed E-state index contributed by atoms with van der Waals surface area (Å²) < 4.78 is 10.6. The van der Waals surface area contributed by atoms with Crippen molar-refractivity contribution in [2.45, 2.75) is 6.92 Å². The highest BCUT2D eigenvalue weighted by atomic mass is 16.5. The number of hydrogen-bond donors (Lipinski definition) is 0. The Kier molecular flexibility index (Phi) is 6.54. The van der Waals surface area contributed by atoms with Gasteiger partial charge in [0.2, 0.25) is 0 Å². The Morgan fingerprint density at radius 2 is 0.833 bits per heavy atom. The minimum atomic E-state index is 0.862. The Labute approximate surface area is 279 Å². The van der Waals surface area contributed by atoms with Crippen LogP contribution in [0.25, 0.3) is 55.0 Å². The van der Waals surface area contributed by atoms with Gasteiger partial charge in [-0.05, 0) is 91.3 Å². The quantitative estimate of drug-likeness (QED) is 0.185. The summed E-state index contributed by atoms with van der Waals surface area (Å²) in [6, 6.07) is 58.7. The van der Waals surface area contributed by atoms with Gasteiger partial charge in [0.1, 0.15) is 5.75 Å². The number of anilines is 3. The highest BCUT2D eigenvalue weighted by Gasteiger charge is 2.20. The van der Waals surface area contributed by atoms with Crippen molar-refractivity contribution in [3.05, 3.63) is 169 Å². The predicted molar refractivity (Wildman–Crippen MR) is 201 cm³/mol. The number of benzene rings is 7. The maximum atomic E-state index is 5.83. The fourth-order valence-electron chi connectivity index (χ4n) is 7.31. The number of methoxy groups -OCH3 is 1. The minimum absolute atomic E-state index is 0.862. The number of para-hydroxylation sites is 4. The fraction of sp³-hybridized carbons (Fsp3) is 0.0455. The summed E-state index contributed by atoms with van der Waals surface area (Å²) in [5, 5.41) is 4.86. The highest BCUT2D eigenvalue weighted by molar-refractivity contribution is 6.12. The van der Waals surface area contributed by atoms with Crippen LogP contribution in [0, 0.1) is 6.92 Å². The lowest BCUT2D eigenvalue weighted by Crippen LogP contribution is -2.10. The number of aryl methyl sites for hydroxylation is 1. The van der Waals surface area contributed by atoms with Gasteiger partial charge in [0.25, 0.3) is 0 Å².